The molecule has 0 bridgehead atoms. The zero-order valence-corrected chi connectivity index (χ0v) is 21.4. The van der Waals surface area contributed by atoms with E-state index in [1.807, 2.05) is 25.2 Å². The van der Waals surface area contributed by atoms with E-state index in [4.69, 9.17) is 16.3 Å². The second-order valence-corrected chi connectivity index (χ2v) is 16.1. The Morgan fingerprint density at radius 2 is 1.75 bits per heavy atom. The average molecular weight is 472 g/mol. The van der Waals surface area contributed by atoms with Crippen molar-refractivity contribution in [1.29, 1.82) is 0 Å². The van der Waals surface area contributed by atoms with E-state index in [1.54, 1.807) is 9.13 Å². The Hall–Kier alpha value is -2.02. The third-order valence-corrected chi connectivity index (χ3v) is 8.49. The molecule has 1 saturated heterocycles. The molecule has 0 radical (unpaired) electrons. The van der Waals surface area contributed by atoms with Gasteiger partial charge < -0.3 is 9.64 Å². The summed E-state index contributed by atoms with van der Waals surface area (Å²) in [5.41, 5.74) is 4.43. The number of nitrogens with zero attached hydrogens (tertiary/aromatic N) is 3. The number of fused-ring (bicyclic) bond motifs is 1. The first-order valence-corrected chi connectivity index (χ1v) is 15.6. The summed E-state index contributed by atoms with van der Waals surface area (Å²) >= 11 is 6.05. The fourth-order valence-corrected chi connectivity index (χ4v) is 5.45. The number of hydrogen-bond acceptors (Lipinski definition) is 3. The van der Waals surface area contributed by atoms with Gasteiger partial charge in [0, 0.05) is 39.8 Å². The van der Waals surface area contributed by atoms with Crippen LogP contribution < -0.4 is 10.6 Å². The lowest BCUT2D eigenvalue weighted by atomic mass is 9.89. The minimum atomic E-state index is -1.15. The van der Waals surface area contributed by atoms with Gasteiger partial charge in [0.25, 0.3) is 0 Å². The van der Waals surface area contributed by atoms with E-state index in [0.717, 1.165) is 53.7 Å². The standard InChI is InChI=1S/C25H34ClN3O2Si/c1-27-24-22(28-14-12-20(13-15-28)19-8-10-21(26)11-9-19)6-5-7-23(24)29(25(27)30)18-31-16-17-32(2,3)4/h5-11,20H,12-18H2,1-4H3. The van der Waals surface area contributed by atoms with Crippen LogP contribution in [0.3, 0.4) is 0 Å². The minimum absolute atomic E-state index is 0.0171. The molecule has 0 amide bonds. The summed E-state index contributed by atoms with van der Waals surface area (Å²) in [7, 11) is 0.715. The van der Waals surface area contributed by atoms with Crippen molar-refractivity contribution in [3.63, 3.8) is 0 Å². The highest BCUT2D eigenvalue weighted by Gasteiger charge is 2.24. The maximum Gasteiger partial charge on any atom is 0.330 e. The number of ether oxygens (including phenoxy) is 1. The SMILES string of the molecule is Cn1c(=O)n(COCC[Si](C)(C)C)c2cccc(N3CCC(c4ccc(Cl)cc4)CC3)c21. The second kappa shape index (κ2) is 9.46. The number of anilines is 1. The first-order valence-electron chi connectivity index (χ1n) is 11.5. The highest BCUT2D eigenvalue weighted by Crippen LogP contribution is 2.34. The van der Waals surface area contributed by atoms with Crippen LogP contribution in [0.5, 0.6) is 0 Å². The van der Waals surface area contributed by atoms with Gasteiger partial charge in [0.05, 0.1) is 16.7 Å². The van der Waals surface area contributed by atoms with Crippen LogP contribution in [0.25, 0.3) is 11.0 Å². The fraction of sp³-hybridized carbons (Fsp3) is 0.480. The number of aromatic nitrogens is 2. The number of imidazole rings is 1. The van der Waals surface area contributed by atoms with Crippen LogP contribution in [-0.4, -0.2) is 36.9 Å². The van der Waals surface area contributed by atoms with Crippen LogP contribution in [0.2, 0.25) is 30.7 Å². The first-order chi connectivity index (χ1) is 15.2. The topological polar surface area (TPSA) is 39.4 Å². The monoisotopic (exact) mass is 471 g/mol. The Bertz CT molecular complexity index is 1120. The molecule has 1 aromatic heterocycles. The molecule has 0 aliphatic carbocycles. The average Bonchev–Trinajstić information content (AvgIpc) is 3.01. The smallest absolute Gasteiger partial charge is 0.330 e. The second-order valence-electron chi connectivity index (χ2n) is 10.1. The maximum atomic E-state index is 13.0. The third kappa shape index (κ3) is 4.97. The molecule has 0 N–H and O–H groups in total. The van der Waals surface area contributed by atoms with Crippen molar-refractivity contribution in [3.8, 4) is 0 Å². The zero-order valence-electron chi connectivity index (χ0n) is 19.6. The molecule has 0 saturated carbocycles. The van der Waals surface area contributed by atoms with Gasteiger partial charge in [-0.25, -0.2) is 4.79 Å². The maximum absolute atomic E-state index is 13.0. The van der Waals surface area contributed by atoms with Gasteiger partial charge in [0.15, 0.2) is 0 Å². The van der Waals surface area contributed by atoms with Gasteiger partial charge in [-0.2, -0.15) is 0 Å². The first kappa shape index (κ1) is 23.1. The van der Waals surface area contributed by atoms with Crippen LogP contribution in [0, 0.1) is 0 Å². The predicted octanol–water partition coefficient (Wildman–Crippen LogP) is 5.69. The quantitative estimate of drug-likeness (QED) is 0.328. The summed E-state index contributed by atoms with van der Waals surface area (Å²) < 4.78 is 9.46. The van der Waals surface area contributed by atoms with Crippen molar-refractivity contribution in [2.75, 3.05) is 24.6 Å². The zero-order chi connectivity index (χ0) is 22.9. The number of para-hydroxylation sites is 1. The van der Waals surface area contributed by atoms with Crippen LogP contribution in [-0.2, 0) is 18.5 Å². The fourth-order valence-electron chi connectivity index (χ4n) is 4.56. The van der Waals surface area contributed by atoms with Crippen molar-refractivity contribution in [1.82, 2.24) is 9.13 Å². The summed E-state index contributed by atoms with van der Waals surface area (Å²) in [6, 6.07) is 15.6. The number of aryl methyl sites for hydroxylation is 1. The number of rotatable bonds is 7. The summed E-state index contributed by atoms with van der Waals surface area (Å²) in [6.45, 7) is 9.96. The normalized spacial score (nSPS) is 15.6. The van der Waals surface area contributed by atoms with Gasteiger partial charge >= 0.3 is 5.69 Å². The van der Waals surface area contributed by atoms with Gasteiger partial charge in [-0.1, -0.05) is 49.4 Å². The summed E-state index contributed by atoms with van der Waals surface area (Å²) in [5, 5.41) is 0.785. The number of halogens is 1. The van der Waals surface area contributed by atoms with Crippen LogP contribution in [0.1, 0.15) is 24.3 Å². The molecule has 0 unspecified atom stereocenters. The minimum Gasteiger partial charge on any atom is -0.370 e. The van der Waals surface area contributed by atoms with Crippen molar-refractivity contribution < 1.29 is 4.74 Å². The Morgan fingerprint density at radius 1 is 1.06 bits per heavy atom. The number of hydrogen-bond donors (Lipinski definition) is 0. The highest BCUT2D eigenvalue weighted by molar-refractivity contribution is 6.76. The molecule has 1 fully saturated rings. The van der Waals surface area contributed by atoms with Crippen molar-refractivity contribution in [2.24, 2.45) is 7.05 Å². The molecule has 0 spiro atoms. The Morgan fingerprint density at radius 3 is 2.41 bits per heavy atom. The Balaban J connectivity index is 1.51. The van der Waals surface area contributed by atoms with Gasteiger partial charge in [0.2, 0.25) is 0 Å². The molecule has 32 heavy (non-hydrogen) atoms. The van der Waals surface area contributed by atoms with Gasteiger partial charge in [-0.05, 0) is 54.6 Å². The van der Waals surface area contributed by atoms with E-state index in [0.29, 0.717) is 19.3 Å². The van der Waals surface area contributed by atoms with Crippen LogP contribution in [0.15, 0.2) is 47.3 Å². The van der Waals surface area contributed by atoms with E-state index < -0.39 is 8.07 Å². The molecule has 1 aliphatic heterocycles. The lowest BCUT2D eigenvalue weighted by molar-refractivity contribution is 0.0873. The molecule has 2 heterocycles. The molecule has 2 aromatic carbocycles. The Kier molecular flexibility index (Phi) is 6.84. The van der Waals surface area contributed by atoms with Gasteiger partial charge in [-0.15, -0.1) is 0 Å². The van der Waals surface area contributed by atoms with Crippen LogP contribution in [0.4, 0.5) is 5.69 Å². The molecule has 172 valence electrons. The van der Waals surface area contributed by atoms with Gasteiger partial charge in [-0.3, -0.25) is 9.13 Å². The molecular formula is C25H34ClN3O2Si. The summed E-state index contributed by atoms with van der Waals surface area (Å²) in [4.78, 5) is 15.4. The number of benzene rings is 2. The lowest BCUT2D eigenvalue weighted by Gasteiger charge is -2.34. The van der Waals surface area contributed by atoms with E-state index in [9.17, 15) is 4.79 Å². The van der Waals surface area contributed by atoms with Crippen molar-refractivity contribution in [2.45, 2.75) is 51.2 Å². The molecule has 7 heteroatoms. The molecule has 5 nitrogen and oxygen atoms in total. The third-order valence-electron chi connectivity index (χ3n) is 6.53. The Labute approximate surface area is 196 Å². The lowest BCUT2D eigenvalue weighted by Crippen LogP contribution is -2.33. The molecule has 1 aliphatic rings. The predicted molar refractivity (Wildman–Crippen MR) is 137 cm³/mol. The van der Waals surface area contributed by atoms with E-state index in [-0.39, 0.29) is 5.69 Å². The largest absolute Gasteiger partial charge is 0.370 e. The van der Waals surface area contributed by atoms with Crippen LogP contribution >= 0.6 is 11.6 Å². The van der Waals surface area contributed by atoms with E-state index in [1.165, 1.54) is 5.56 Å². The summed E-state index contributed by atoms with van der Waals surface area (Å²) in [5.74, 6) is 0.552. The molecule has 4 rings (SSSR count). The summed E-state index contributed by atoms with van der Waals surface area (Å²) in [6.07, 6.45) is 2.18. The number of piperidine rings is 1. The van der Waals surface area contributed by atoms with E-state index in [2.05, 4.69) is 48.8 Å². The van der Waals surface area contributed by atoms with Gasteiger partial charge in [0.1, 0.15) is 6.73 Å². The van der Waals surface area contributed by atoms with Crippen molar-refractivity contribution >= 4 is 36.4 Å². The van der Waals surface area contributed by atoms with E-state index >= 15 is 0 Å². The molecule has 3 aromatic rings. The molecular weight excluding hydrogens is 438 g/mol. The van der Waals surface area contributed by atoms with Crippen molar-refractivity contribution in [3.05, 3.63) is 63.5 Å². The molecule has 0 atom stereocenters. The highest BCUT2D eigenvalue weighted by atomic mass is 35.5.